The summed E-state index contributed by atoms with van der Waals surface area (Å²) >= 11 is 0. The van der Waals surface area contributed by atoms with E-state index in [0.717, 1.165) is 29.0 Å². The lowest BCUT2D eigenvalue weighted by atomic mass is 9.89. The second kappa shape index (κ2) is 8.80. The zero-order valence-corrected chi connectivity index (χ0v) is 17.0. The molecule has 5 nitrogen and oxygen atoms in total. The van der Waals surface area contributed by atoms with E-state index in [2.05, 4.69) is 12.2 Å². The summed E-state index contributed by atoms with van der Waals surface area (Å²) in [5.41, 5.74) is 2.46. The minimum Gasteiger partial charge on any atom is -0.497 e. The largest absolute Gasteiger partial charge is 0.497 e. The molecule has 0 spiro atoms. The molecule has 5 heteroatoms. The van der Waals surface area contributed by atoms with Crippen molar-refractivity contribution in [2.24, 2.45) is 0 Å². The van der Waals surface area contributed by atoms with Crippen molar-refractivity contribution in [3.05, 3.63) is 53.6 Å². The fraction of sp³-hybridized carbons (Fsp3) is 0.409. The van der Waals surface area contributed by atoms with Gasteiger partial charge in [0.15, 0.2) is 0 Å². The first-order valence-electron chi connectivity index (χ1n) is 9.08. The van der Waals surface area contributed by atoms with Gasteiger partial charge in [0.25, 0.3) is 0 Å². The van der Waals surface area contributed by atoms with Gasteiger partial charge in [0.2, 0.25) is 0 Å². The van der Waals surface area contributed by atoms with Crippen molar-refractivity contribution < 1.29 is 19.0 Å². The summed E-state index contributed by atoms with van der Waals surface area (Å²) in [5.74, 6) is 1.74. The number of nitrogens with one attached hydrogen (secondary N) is 1. The Kier molecular flexibility index (Phi) is 6.72. The maximum Gasteiger partial charge on any atom is 0.412 e. The molecule has 1 amide bonds. The molecule has 0 aliphatic carbocycles. The van der Waals surface area contributed by atoms with E-state index in [9.17, 15) is 4.79 Å². The van der Waals surface area contributed by atoms with E-state index in [1.165, 1.54) is 0 Å². The molecule has 0 aromatic heterocycles. The predicted octanol–water partition coefficient (Wildman–Crippen LogP) is 5.59. The van der Waals surface area contributed by atoms with Gasteiger partial charge in [-0.15, -0.1) is 0 Å². The highest BCUT2D eigenvalue weighted by atomic mass is 16.6. The number of carbonyl (C=O) groups is 1. The van der Waals surface area contributed by atoms with Crippen molar-refractivity contribution >= 4 is 11.8 Å². The summed E-state index contributed by atoms with van der Waals surface area (Å²) in [6.07, 6.45) is 0.467. The van der Waals surface area contributed by atoms with Crippen molar-refractivity contribution in [2.45, 2.75) is 45.6 Å². The van der Waals surface area contributed by atoms with Crippen molar-refractivity contribution in [1.82, 2.24) is 0 Å². The van der Waals surface area contributed by atoms with Crippen LogP contribution < -0.4 is 14.8 Å². The molecule has 27 heavy (non-hydrogen) atoms. The molecule has 0 aliphatic heterocycles. The molecule has 0 aliphatic rings. The molecular weight excluding hydrogens is 342 g/mol. The first kappa shape index (κ1) is 20.6. The third-order valence-electron chi connectivity index (χ3n) is 4.14. The Morgan fingerprint density at radius 2 is 1.52 bits per heavy atom. The molecular formula is C22H29NO4. The van der Waals surface area contributed by atoms with Gasteiger partial charge in [-0.25, -0.2) is 4.79 Å². The topological polar surface area (TPSA) is 56.8 Å². The second-order valence-electron chi connectivity index (χ2n) is 7.36. The van der Waals surface area contributed by atoms with Crippen molar-refractivity contribution in [3.63, 3.8) is 0 Å². The fourth-order valence-electron chi connectivity index (χ4n) is 2.91. The lowest BCUT2D eigenvalue weighted by Crippen LogP contribution is -2.27. The predicted molar refractivity (Wildman–Crippen MR) is 108 cm³/mol. The molecule has 2 rings (SSSR count). The normalized spacial score (nSPS) is 12.2. The van der Waals surface area contributed by atoms with Gasteiger partial charge in [-0.2, -0.15) is 0 Å². The van der Waals surface area contributed by atoms with Crippen LogP contribution in [0.5, 0.6) is 11.5 Å². The van der Waals surface area contributed by atoms with Gasteiger partial charge in [0, 0.05) is 17.7 Å². The molecule has 146 valence electrons. The van der Waals surface area contributed by atoms with Crippen LogP contribution in [0.15, 0.2) is 42.5 Å². The summed E-state index contributed by atoms with van der Waals surface area (Å²) < 4.78 is 16.1. The number of benzene rings is 2. The van der Waals surface area contributed by atoms with Crippen LogP contribution in [0.25, 0.3) is 0 Å². The van der Waals surface area contributed by atoms with Crippen LogP contribution in [-0.4, -0.2) is 25.9 Å². The van der Waals surface area contributed by atoms with Crippen LogP contribution in [0.1, 0.15) is 51.2 Å². The highest BCUT2D eigenvalue weighted by Gasteiger charge is 2.17. The Bertz CT molecular complexity index is 741. The Morgan fingerprint density at radius 3 is 1.96 bits per heavy atom. The van der Waals surface area contributed by atoms with Crippen LogP contribution in [-0.2, 0) is 4.74 Å². The standard InChI is InChI=1S/C22H29NO4/c1-7-20(16-12-18(25-5)14-19(13-16)26-6)15-8-10-17(11-9-15)23-21(24)27-22(2,3)4/h8-14,20H,7H2,1-6H3,(H,23,24). The number of rotatable bonds is 6. The zero-order valence-electron chi connectivity index (χ0n) is 17.0. The maximum atomic E-state index is 11.9. The van der Waals surface area contributed by atoms with Gasteiger partial charge in [-0.05, 0) is 62.6 Å². The molecule has 2 aromatic rings. The summed E-state index contributed by atoms with van der Waals surface area (Å²) in [4.78, 5) is 11.9. The van der Waals surface area contributed by atoms with Crippen molar-refractivity contribution in [2.75, 3.05) is 19.5 Å². The van der Waals surface area contributed by atoms with Crippen LogP contribution in [0.3, 0.4) is 0 Å². The summed E-state index contributed by atoms with van der Waals surface area (Å²) in [7, 11) is 3.30. The summed E-state index contributed by atoms with van der Waals surface area (Å²) in [5, 5.41) is 2.76. The van der Waals surface area contributed by atoms with E-state index >= 15 is 0 Å². The number of anilines is 1. The molecule has 0 heterocycles. The Hall–Kier alpha value is -2.69. The minimum absolute atomic E-state index is 0.199. The average molecular weight is 371 g/mol. The molecule has 1 atom stereocenters. The molecule has 1 unspecified atom stereocenters. The molecule has 0 bridgehead atoms. The third kappa shape index (κ3) is 5.91. The van der Waals surface area contributed by atoms with Gasteiger partial charge in [-0.3, -0.25) is 5.32 Å². The molecule has 0 saturated heterocycles. The van der Waals surface area contributed by atoms with Gasteiger partial charge < -0.3 is 14.2 Å². The number of ether oxygens (including phenoxy) is 3. The quantitative estimate of drug-likeness (QED) is 0.719. The van der Waals surface area contributed by atoms with Gasteiger partial charge in [0.05, 0.1) is 14.2 Å². The number of hydrogen-bond donors (Lipinski definition) is 1. The van der Waals surface area contributed by atoms with E-state index in [4.69, 9.17) is 14.2 Å². The fourth-order valence-corrected chi connectivity index (χ4v) is 2.91. The van der Waals surface area contributed by atoms with E-state index in [1.807, 2.05) is 63.2 Å². The van der Waals surface area contributed by atoms with Gasteiger partial charge in [-0.1, -0.05) is 19.1 Å². The Morgan fingerprint density at radius 1 is 0.963 bits per heavy atom. The van der Waals surface area contributed by atoms with E-state index in [-0.39, 0.29) is 5.92 Å². The smallest absolute Gasteiger partial charge is 0.412 e. The van der Waals surface area contributed by atoms with Crippen LogP contribution >= 0.6 is 0 Å². The first-order valence-corrected chi connectivity index (χ1v) is 9.08. The highest BCUT2D eigenvalue weighted by Crippen LogP contribution is 2.34. The Balaban J connectivity index is 2.20. The highest BCUT2D eigenvalue weighted by molar-refractivity contribution is 5.84. The molecule has 2 aromatic carbocycles. The average Bonchev–Trinajstić information content (AvgIpc) is 2.61. The first-order chi connectivity index (χ1) is 12.8. The molecule has 0 saturated carbocycles. The van der Waals surface area contributed by atoms with Crippen LogP contribution in [0.2, 0.25) is 0 Å². The van der Waals surface area contributed by atoms with Crippen molar-refractivity contribution in [1.29, 1.82) is 0 Å². The lowest BCUT2D eigenvalue weighted by molar-refractivity contribution is 0.0636. The second-order valence-corrected chi connectivity index (χ2v) is 7.36. The number of hydrogen-bond acceptors (Lipinski definition) is 4. The molecule has 0 radical (unpaired) electrons. The monoisotopic (exact) mass is 371 g/mol. The zero-order chi connectivity index (χ0) is 20.0. The van der Waals surface area contributed by atoms with Crippen LogP contribution in [0, 0.1) is 0 Å². The minimum atomic E-state index is -0.525. The van der Waals surface area contributed by atoms with E-state index < -0.39 is 11.7 Å². The van der Waals surface area contributed by atoms with Gasteiger partial charge in [0.1, 0.15) is 17.1 Å². The van der Waals surface area contributed by atoms with Gasteiger partial charge >= 0.3 is 6.09 Å². The summed E-state index contributed by atoms with van der Waals surface area (Å²) in [6, 6.07) is 13.7. The maximum absolute atomic E-state index is 11.9. The summed E-state index contributed by atoms with van der Waals surface area (Å²) in [6.45, 7) is 7.65. The molecule has 0 fully saturated rings. The van der Waals surface area contributed by atoms with Crippen LogP contribution in [0.4, 0.5) is 10.5 Å². The van der Waals surface area contributed by atoms with Crippen molar-refractivity contribution in [3.8, 4) is 11.5 Å². The number of amides is 1. The molecule has 1 N–H and O–H groups in total. The number of methoxy groups -OCH3 is 2. The number of carbonyl (C=O) groups excluding carboxylic acids is 1. The Labute approximate surface area is 161 Å². The SMILES string of the molecule is CCC(c1ccc(NC(=O)OC(C)(C)C)cc1)c1cc(OC)cc(OC)c1. The lowest BCUT2D eigenvalue weighted by Gasteiger charge is -2.20. The third-order valence-corrected chi connectivity index (χ3v) is 4.14. The van der Waals surface area contributed by atoms with E-state index in [1.54, 1.807) is 14.2 Å². The van der Waals surface area contributed by atoms with E-state index in [0.29, 0.717) is 5.69 Å².